The van der Waals surface area contributed by atoms with Crippen LogP contribution in [0.1, 0.15) is 23.0 Å². The Morgan fingerprint density at radius 2 is 1.81 bits per heavy atom. The number of aromatic amines is 1. The number of piperazine rings is 1. The standard InChI is InChI=1S/C23H24ClN3O4/c1-2-31-17-6-4-16(5-7-17)26-9-11-27(12-10-26)21(28)14-19-18-13-15(24)3-8-20(18)25-22(19)23(29)30/h3-8,13,25H,2,9-12,14H2,1H3,(H,29,30). The van der Waals surface area contributed by atoms with Gasteiger partial charge in [-0.05, 0) is 49.4 Å². The Kier molecular flexibility index (Phi) is 6.04. The Morgan fingerprint density at radius 1 is 1.10 bits per heavy atom. The van der Waals surface area contributed by atoms with E-state index in [-0.39, 0.29) is 18.0 Å². The van der Waals surface area contributed by atoms with Crippen molar-refractivity contribution in [3.05, 3.63) is 58.7 Å². The summed E-state index contributed by atoms with van der Waals surface area (Å²) in [4.78, 5) is 31.6. The summed E-state index contributed by atoms with van der Waals surface area (Å²) in [5.41, 5.74) is 2.27. The maximum atomic E-state index is 13.0. The molecule has 2 heterocycles. The molecule has 0 unspecified atom stereocenters. The summed E-state index contributed by atoms with van der Waals surface area (Å²) in [5, 5.41) is 10.7. The highest BCUT2D eigenvalue weighted by Crippen LogP contribution is 2.27. The molecule has 2 N–H and O–H groups in total. The van der Waals surface area contributed by atoms with Gasteiger partial charge in [0.2, 0.25) is 5.91 Å². The van der Waals surface area contributed by atoms with Gasteiger partial charge in [-0.3, -0.25) is 4.79 Å². The number of carboxylic acids is 1. The molecule has 2 aromatic carbocycles. The average Bonchev–Trinajstić information content (AvgIpc) is 3.12. The molecule has 4 rings (SSSR count). The van der Waals surface area contributed by atoms with Gasteiger partial charge >= 0.3 is 5.97 Å². The number of benzene rings is 2. The van der Waals surface area contributed by atoms with Gasteiger partial charge in [0.05, 0.1) is 13.0 Å². The molecule has 0 atom stereocenters. The Bertz CT molecular complexity index is 1100. The molecule has 1 fully saturated rings. The van der Waals surface area contributed by atoms with E-state index in [1.165, 1.54) is 0 Å². The number of aromatic nitrogens is 1. The van der Waals surface area contributed by atoms with E-state index in [0.717, 1.165) is 11.4 Å². The third kappa shape index (κ3) is 4.46. The molecule has 3 aromatic rings. The second-order valence-corrected chi connectivity index (χ2v) is 7.88. The lowest BCUT2D eigenvalue weighted by Crippen LogP contribution is -2.49. The number of carboxylic acid groups (broad SMARTS) is 1. The Labute approximate surface area is 185 Å². The Balaban J connectivity index is 1.44. The van der Waals surface area contributed by atoms with Gasteiger partial charge in [-0.15, -0.1) is 0 Å². The number of hydrogen-bond donors (Lipinski definition) is 2. The van der Waals surface area contributed by atoms with Gasteiger partial charge in [-0.2, -0.15) is 0 Å². The molecule has 1 aliphatic rings. The molecule has 1 aromatic heterocycles. The maximum Gasteiger partial charge on any atom is 0.352 e. The molecule has 1 aliphatic heterocycles. The van der Waals surface area contributed by atoms with Crippen molar-refractivity contribution in [2.24, 2.45) is 0 Å². The molecule has 0 aliphatic carbocycles. The number of aromatic carboxylic acids is 1. The average molecular weight is 442 g/mol. The van der Waals surface area contributed by atoms with E-state index in [1.54, 1.807) is 23.1 Å². The molecule has 162 valence electrons. The first-order valence-electron chi connectivity index (χ1n) is 10.2. The predicted molar refractivity (Wildman–Crippen MR) is 120 cm³/mol. The lowest BCUT2D eigenvalue weighted by Gasteiger charge is -2.36. The van der Waals surface area contributed by atoms with E-state index >= 15 is 0 Å². The highest BCUT2D eigenvalue weighted by atomic mass is 35.5. The zero-order valence-electron chi connectivity index (χ0n) is 17.2. The summed E-state index contributed by atoms with van der Waals surface area (Å²) in [5.74, 6) is -0.335. The van der Waals surface area contributed by atoms with Crippen LogP contribution in [-0.4, -0.2) is 59.7 Å². The van der Waals surface area contributed by atoms with Crippen LogP contribution in [0.4, 0.5) is 5.69 Å². The quantitative estimate of drug-likeness (QED) is 0.607. The van der Waals surface area contributed by atoms with Crippen molar-refractivity contribution in [2.75, 3.05) is 37.7 Å². The Hall–Kier alpha value is -3.19. The van der Waals surface area contributed by atoms with E-state index in [1.807, 2.05) is 31.2 Å². The first-order valence-corrected chi connectivity index (χ1v) is 10.6. The first-order chi connectivity index (χ1) is 15.0. The van der Waals surface area contributed by atoms with Crippen molar-refractivity contribution in [3.8, 4) is 5.75 Å². The van der Waals surface area contributed by atoms with Crippen molar-refractivity contribution in [3.63, 3.8) is 0 Å². The van der Waals surface area contributed by atoms with Crippen molar-refractivity contribution in [2.45, 2.75) is 13.3 Å². The number of nitrogens with zero attached hydrogens (tertiary/aromatic N) is 2. The van der Waals surface area contributed by atoms with Crippen LogP contribution >= 0.6 is 11.6 Å². The molecule has 0 saturated carbocycles. The number of halogens is 1. The smallest absolute Gasteiger partial charge is 0.352 e. The molecule has 0 spiro atoms. The van der Waals surface area contributed by atoms with E-state index in [9.17, 15) is 14.7 Å². The van der Waals surface area contributed by atoms with Gasteiger partial charge in [0.25, 0.3) is 0 Å². The SMILES string of the molecule is CCOc1ccc(N2CCN(C(=O)Cc3c(C(=O)O)[nH]c4ccc(Cl)cc34)CC2)cc1. The minimum Gasteiger partial charge on any atom is -0.494 e. The van der Waals surface area contributed by atoms with Crippen LogP contribution in [0.5, 0.6) is 5.75 Å². The highest BCUT2D eigenvalue weighted by molar-refractivity contribution is 6.31. The van der Waals surface area contributed by atoms with Crippen molar-refractivity contribution in [1.29, 1.82) is 0 Å². The molecule has 1 amide bonds. The fourth-order valence-electron chi connectivity index (χ4n) is 3.98. The second-order valence-electron chi connectivity index (χ2n) is 7.45. The molecule has 0 radical (unpaired) electrons. The van der Waals surface area contributed by atoms with E-state index in [4.69, 9.17) is 16.3 Å². The lowest BCUT2D eigenvalue weighted by molar-refractivity contribution is -0.130. The molecular weight excluding hydrogens is 418 g/mol. The van der Waals surface area contributed by atoms with Crippen molar-refractivity contribution >= 4 is 40.1 Å². The van der Waals surface area contributed by atoms with E-state index < -0.39 is 5.97 Å². The lowest BCUT2D eigenvalue weighted by atomic mass is 10.1. The molecule has 0 bridgehead atoms. The van der Waals surface area contributed by atoms with Gasteiger partial charge in [0.15, 0.2) is 0 Å². The fourth-order valence-corrected chi connectivity index (χ4v) is 4.16. The number of H-pyrrole nitrogens is 1. The van der Waals surface area contributed by atoms with Crippen LogP contribution in [0.3, 0.4) is 0 Å². The monoisotopic (exact) mass is 441 g/mol. The second kappa shape index (κ2) is 8.89. The van der Waals surface area contributed by atoms with Crippen LogP contribution in [0.25, 0.3) is 10.9 Å². The van der Waals surface area contributed by atoms with Crippen molar-refractivity contribution < 1.29 is 19.4 Å². The molecule has 31 heavy (non-hydrogen) atoms. The molecule has 7 nitrogen and oxygen atoms in total. The number of rotatable bonds is 6. The zero-order valence-corrected chi connectivity index (χ0v) is 18.0. The number of carbonyl (C=O) groups is 2. The van der Waals surface area contributed by atoms with Gasteiger partial charge in [-0.1, -0.05) is 11.6 Å². The predicted octanol–water partition coefficient (Wildman–Crippen LogP) is 3.81. The summed E-state index contributed by atoms with van der Waals surface area (Å²) in [6.45, 7) is 5.17. The Morgan fingerprint density at radius 3 is 2.45 bits per heavy atom. The van der Waals surface area contributed by atoms with Crippen LogP contribution in [0.15, 0.2) is 42.5 Å². The van der Waals surface area contributed by atoms with Crippen LogP contribution < -0.4 is 9.64 Å². The van der Waals surface area contributed by atoms with Crippen LogP contribution in [-0.2, 0) is 11.2 Å². The zero-order chi connectivity index (χ0) is 22.0. The molecule has 8 heteroatoms. The number of ether oxygens (including phenoxy) is 1. The van der Waals surface area contributed by atoms with Crippen LogP contribution in [0.2, 0.25) is 5.02 Å². The van der Waals surface area contributed by atoms with E-state index in [0.29, 0.717) is 54.3 Å². The highest BCUT2D eigenvalue weighted by Gasteiger charge is 2.25. The number of hydrogen-bond acceptors (Lipinski definition) is 4. The number of anilines is 1. The molecule has 1 saturated heterocycles. The number of amides is 1. The number of carbonyl (C=O) groups excluding carboxylic acids is 1. The van der Waals surface area contributed by atoms with Gasteiger partial charge < -0.3 is 24.6 Å². The van der Waals surface area contributed by atoms with Gasteiger partial charge in [-0.25, -0.2) is 4.79 Å². The van der Waals surface area contributed by atoms with Crippen molar-refractivity contribution in [1.82, 2.24) is 9.88 Å². The third-order valence-electron chi connectivity index (χ3n) is 5.56. The van der Waals surface area contributed by atoms with Gasteiger partial charge in [0.1, 0.15) is 11.4 Å². The van der Waals surface area contributed by atoms with Gasteiger partial charge in [0, 0.05) is 53.4 Å². The first kappa shape index (κ1) is 21.1. The number of fused-ring (bicyclic) bond motifs is 1. The summed E-state index contributed by atoms with van der Waals surface area (Å²) >= 11 is 6.10. The number of nitrogens with one attached hydrogen (secondary N) is 1. The summed E-state index contributed by atoms with van der Waals surface area (Å²) in [6, 6.07) is 13.1. The summed E-state index contributed by atoms with van der Waals surface area (Å²) < 4.78 is 5.49. The van der Waals surface area contributed by atoms with E-state index in [2.05, 4.69) is 9.88 Å². The summed E-state index contributed by atoms with van der Waals surface area (Å²) in [7, 11) is 0. The largest absolute Gasteiger partial charge is 0.494 e. The normalized spacial score (nSPS) is 14.1. The minimum absolute atomic E-state index is 0.0189. The molecular formula is C23H24ClN3O4. The fraction of sp³-hybridized carbons (Fsp3) is 0.304. The summed E-state index contributed by atoms with van der Waals surface area (Å²) in [6.07, 6.45) is 0.0189. The van der Waals surface area contributed by atoms with Crippen LogP contribution in [0, 0.1) is 0 Å². The topological polar surface area (TPSA) is 85.9 Å². The minimum atomic E-state index is -1.09. The maximum absolute atomic E-state index is 13.0. The third-order valence-corrected chi connectivity index (χ3v) is 5.79.